The van der Waals surface area contributed by atoms with Gasteiger partial charge in [0.15, 0.2) is 0 Å². The lowest BCUT2D eigenvalue weighted by Gasteiger charge is -2.30. The molecule has 0 aliphatic rings. The van der Waals surface area contributed by atoms with Crippen LogP contribution in [0, 0.1) is 6.92 Å². The van der Waals surface area contributed by atoms with Crippen molar-refractivity contribution in [2.75, 3.05) is 18.4 Å². The maximum Gasteiger partial charge on any atom is 0.140 e. The molecule has 102 valence electrons. The van der Waals surface area contributed by atoms with E-state index in [0.29, 0.717) is 12.1 Å². The van der Waals surface area contributed by atoms with Crippen LogP contribution in [-0.2, 0) is 0 Å². The molecule has 1 N–H and O–H groups in total. The number of anilines is 1. The summed E-state index contributed by atoms with van der Waals surface area (Å²) >= 11 is 3.53. The Morgan fingerprint density at radius 1 is 1.28 bits per heavy atom. The molecule has 0 aromatic carbocycles. The molecule has 0 bridgehead atoms. The van der Waals surface area contributed by atoms with Gasteiger partial charge in [0.2, 0.25) is 0 Å². The summed E-state index contributed by atoms with van der Waals surface area (Å²) < 4.78 is 1.03. The van der Waals surface area contributed by atoms with Crippen molar-refractivity contribution >= 4 is 21.7 Å². The van der Waals surface area contributed by atoms with E-state index in [0.717, 1.165) is 23.4 Å². The summed E-state index contributed by atoms with van der Waals surface area (Å²) in [6, 6.07) is 3.22. The van der Waals surface area contributed by atoms with Crippen LogP contribution in [0.5, 0.6) is 0 Å². The van der Waals surface area contributed by atoms with Gasteiger partial charge in [0.05, 0.1) is 4.47 Å². The normalized spacial score (nSPS) is 11.6. The fourth-order valence-corrected chi connectivity index (χ4v) is 2.68. The Labute approximate surface area is 119 Å². The molecule has 0 aliphatic heterocycles. The van der Waals surface area contributed by atoms with E-state index in [-0.39, 0.29) is 0 Å². The first-order chi connectivity index (χ1) is 8.41. The van der Waals surface area contributed by atoms with Crippen molar-refractivity contribution in [2.45, 2.75) is 46.7 Å². The second-order valence-corrected chi connectivity index (χ2v) is 6.05. The first-order valence-electron chi connectivity index (χ1n) is 6.53. The lowest BCUT2D eigenvalue weighted by Crippen LogP contribution is -2.40. The molecule has 0 fully saturated rings. The summed E-state index contributed by atoms with van der Waals surface area (Å²) in [5.74, 6) is 0.924. The zero-order valence-corrected chi connectivity index (χ0v) is 13.6. The number of hydrogen-bond donors (Lipinski definition) is 1. The lowest BCUT2D eigenvalue weighted by molar-refractivity contribution is 0.182. The molecule has 0 saturated heterocycles. The molecule has 1 aromatic heterocycles. The molecule has 18 heavy (non-hydrogen) atoms. The highest BCUT2D eigenvalue weighted by Crippen LogP contribution is 2.20. The molecule has 0 atom stereocenters. The largest absolute Gasteiger partial charge is 0.368 e. The molecule has 1 heterocycles. The van der Waals surface area contributed by atoms with Gasteiger partial charge in [0, 0.05) is 31.4 Å². The second-order valence-electron chi connectivity index (χ2n) is 5.20. The predicted octanol–water partition coefficient (Wildman–Crippen LogP) is 3.68. The fraction of sp³-hybridized carbons (Fsp3) is 0.643. The Balaban J connectivity index is 2.50. The summed E-state index contributed by atoms with van der Waals surface area (Å²) in [5, 5.41) is 3.38. The number of rotatable bonds is 6. The number of aromatic nitrogens is 1. The summed E-state index contributed by atoms with van der Waals surface area (Å²) in [7, 11) is 0. The van der Waals surface area contributed by atoms with Gasteiger partial charge >= 0.3 is 0 Å². The molecule has 0 aliphatic carbocycles. The van der Waals surface area contributed by atoms with Crippen molar-refractivity contribution in [1.82, 2.24) is 9.88 Å². The standard InChI is InChI=1S/C14H24BrN3/c1-10(2)18(11(3)4)7-6-16-14-13(15)8-12(5)9-17-14/h8-11H,6-7H2,1-5H3,(H,16,17). The minimum absolute atomic E-state index is 0.571. The van der Waals surface area contributed by atoms with E-state index in [1.165, 1.54) is 5.56 Å². The van der Waals surface area contributed by atoms with Crippen molar-refractivity contribution < 1.29 is 0 Å². The number of aryl methyl sites for hydroxylation is 1. The van der Waals surface area contributed by atoms with Crippen molar-refractivity contribution in [1.29, 1.82) is 0 Å². The van der Waals surface area contributed by atoms with Crippen LogP contribution in [0.1, 0.15) is 33.3 Å². The van der Waals surface area contributed by atoms with Gasteiger partial charge in [0.1, 0.15) is 5.82 Å². The average Bonchev–Trinajstić information content (AvgIpc) is 2.25. The van der Waals surface area contributed by atoms with Gasteiger partial charge < -0.3 is 5.32 Å². The maximum absolute atomic E-state index is 4.39. The molecule has 0 spiro atoms. The Kier molecular flexibility index (Phi) is 6.09. The van der Waals surface area contributed by atoms with E-state index in [2.05, 4.69) is 64.9 Å². The molecule has 3 nitrogen and oxygen atoms in total. The van der Waals surface area contributed by atoms with Gasteiger partial charge in [-0.25, -0.2) is 4.98 Å². The highest BCUT2D eigenvalue weighted by atomic mass is 79.9. The number of pyridine rings is 1. The highest BCUT2D eigenvalue weighted by molar-refractivity contribution is 9.10. The van der Waals surface area contributed by atoms with Crippen molar-refractivity contribution in [3.63, 3.8) is 0 Å². The third kappa shape index (κ3) is 4.58. The molecule has 0 amide bonds. The zero-order valence-electron chi connectivity index (χ0n) is 12.0. The third-order valence-corrected chi connectivity index (χ3v) is 3.57. The molecule has 0 unspecified atom stereocenters. The Morgan fingerprint density at radius 2 is 1.89 bits per heavy atom. The minimum Gasteiger partial charge on any atom is -0.368 e. The number of nitrogens with zero attached hydrogens (tertiary/aromatic N) is 2. The zero-order chi connectivity index (χ0) is 13.7. The number of nitrogens with one attached hydrogen (secondary N) is 1. The highest BCUT2D eigenvalue weighted by Gasteiger charge is 2.12. The summed E-state index contributed by atoms with van der Waals surface area (Å²) in [4.78, 5) is 6.86. The molecule has 4 heteroatoms. The van der Waals surface area contributed by atoms with Gasteiger partial charge in [-0.2, -0.15) is 0 Å². The lowest BCUT2D eigenvalue weighted by atomic mass is 10.2. The van der Waals surface area contributed by atoms with Crippen LogP contribution < -0.4 is 5.32 Å². The Hall–Kier alpha value is -0.610. The fourth-order valence-electron chi connectivity index (χ4n) is 2.08. The van der Waals surface area contributed by atoms with E-state index in [9.17, 15) is 0 Å². The first-order valence-corrected chi connectivity index (χ1v) is 7.33. The smallest absolute Gasteiger partial charge is 0.140 e. The Morgan fingerprint density at radius 3 is 2.39 bits per heavy atom. The van der Waals surface area contributed by atoms with Gasteiger partial charge in [-0.05, 0) is 62.2 Å². The quantitative estimate of drug-likeness (QED) is 0.868. The van der Waals surface area contributed by atoms with Crippen LogP contribution in [0.4, 0.5) is 5.82 Å². The molecule has 1 aromatic rings. The Bertz CT molecular complexity index is 369. The van der Waals surface area contributed by atoms with Crippen LogP contribution in [0.15, 0.2) is 16.7 Å². The summed E-state index contributed by atoms with van der Waals surface area (Å²) in [5.41, 5.74) is 1.17. The SMILES string of the molecule is Cc1cnc(NCCN(C(C)C)C(C)C)c(Br)c1. The van der Waals surface area contributed by atoms with E-state index >= 15 is 0 Å². The number of hydrogen-bond acceptors (Lipinski definition) is 3. The first kappa shape index (κ1) is 15.4. The average molecular weight is 314 g/mol. The molecule has 0 saturated carbocycles. The van der Waals surface area contributed by atoms with E-state index in [1.807, 2.05) is 13.1 Å². The van der Waals surface area contributed by atoms with Crippen molar-refractivity contribution in [3.05, 3.63) is 22.3 Å². The monoisotopic (exact) mass is 313 g/mol. The summed E-state index contributed by atoms with van der Waals surface area (Å²) in [6.07, 6.45) is 1.88. The van der Waals surface area contributed by atoms with Gasteiger partial charge in [-0.15, -0.1) is 0 Å². The van der Waals surface area contributed by atoms with Crippen LogP contribution >= 0.6 is 15.9 Å². The van der Waals surface area contributed by atoms with Crippen LogP contribution in [0.25, 0.3) is 0 Å². The van der Waals surface area contributed by atoms with Crippen molar-refractivity contribution in [2.24, 2.45) is 0 Å². The summed E-state index contributed by atoms with van der Waals surface area (Å²) in [6.45, 7) is 12.9. The maximum atomic E-state index is 4.39. The van der Waals surface area contributed by atoms with E-state index in [1.54, 1.807) is 0 Å². The molecular weight excluding hydrogens is 290 g/mol. The number of halogens is 1. The molecular formula is C14H24BrN3. The topological polar surface area (TPSA) is 28.2 Å². The minimum atomic E-state index is 0.571. The van der Waals surface area contributed by atoms with Gasteiger partial charge in [-0.3, -0.25) is 4.90 Å². The van der Waals surface area contributed by atoms with Crippen LogP contribution in [-0.4, -0.2) is 35.1 Å². The third-order valence-electron chi connectivity index (χ3n) is 2.97. The van der Waals surface area contributed by atoms with E-state index in [4.69, 9.17) is 0 Å². The molecule has 0 radical (unpaired) electrons. The van der Waals surface area contributed by atoms with Crippen LogP contribution in [0.2, 0.25) is 0 Å². The molecule has 1 rings (SSSR count). The van der Waals surface area contributed by atoms with Gasteiger partial charge in [-0.1, -0.05) is 0 Å². The van der Waals surface area contributed by atoms with Gasteiger partial charge in [0.25, 0.3) is 0 Å². The second kappa shape index (κ2) is 7.10. The predicted molar refractivity (Wildman–Crippen MR) is 82.1 cm³/mol. The van der Waals surface area contributed by atoms with E-state index < -0.39 is 0 Å². The van der Waals surface area contributed by atoms with Crippen LogP contribution in [0.3, 0.4) is 0 Å². The van der Waals surface area contributed by atoms with Crippen molar-refractivity contribution in [3.8, 4) is 0 Å².